The molecule has 0 spiro atoms. The van der Waals surface area contributed by atoms with Gasteiger partial charge in [-0.3, -0.25) is 0 Å². The molecular weight excluding hydrogens is 440 g/mol. The Bertz CT molecular complexity index is 715. The minimum Gasteiger partial charge on any atom is -0.506 e. The van der Waals surface area contributed by atoms with Crippen LogP contribution in [0.25, 0.3) is 0 Å². The standard InChI is InChI=1S/C22H36O11/c1-2-3-4-5-6-7-8-9-10-30-21-19(29)17(27)20(14(12-24)32-21)33-22-18(28)16(26)15(25)13(11-23)31-22/h16-17,19,21,23-29H,2-12H2,1H3/t16-,17-,19+,21?/m0/s1. The SMILES string of the molecule is CCCCCCCCCCOC1OC(CO)=C(OC2=C(O)[C@@H](O)C(O)=C(CO)O2)[C@@H](O)[C@H]1O. The van der Waals surface area contributed by atoms with Gasteiger partial charge in [0.2, 0.25) is 12.0 Å². The van der Waals surface area contributed by atoms with Gasteiger partial charge in [0, 0.05) is 0 Å². The molecule has 0 saturated heterocycles. The van der Waals surface area contributed by atoms with E-state index in [1.54, 1.807) is 0 Å². The molecule has 0 bridgehead atoms. The van der Waals surface area contributed by atoms with E-state index in [2.05, 4.69) is 6.92 Å². The van der Waals surface area contributed by atoms with Crippen molar-refractivity contribution < 1.29 is 54.7 Å². The highest BCUT2D eigenvalue weighted by Crippen LogP contribution is 2.32. The Morgan fingerprint density at radius 3 is 2.03 bits per heavy atom. The van der Waals surface area contributed by atoms with E-state index in [1.807, 2.05) is 0 Å². The van der Waals surface area contributed by atoms with Crippen molar-refractivity contribution in [2.45, 2.75) is 82.9 Å². The molecule has 0 aromatic carbocycles. The fourth-order valence-corrected chi connectivity index (χ4v) is 3.43. The first-order chi connectivity index (χ1) is 15.8. The zero-order valence-electron chi connectivity index (χ0n) is 18.9. The zero-order valence-corrected chi connectivity index (χ0v) is 18.9. The van der Waals surface area contributed by atoms with Gasteiger partial charge < -0.3 is 54.7 Å². The third kappa shape index (κ3) is 7.23. The Balaban J connectivity index is 1.92. The highest BCUT2D eigenvalue weighted by molar-refractivity contribution is 5.25. The van der Waals surface area contributed by atoms with Crippen LogP contribution >= 0.6 is 0 Å². The highest BCUT2D eigenvalue weighted by atomic mass is 16.7. The average molecular weight is 477 g/mol. The molecule has 2 aliphatic heterocycles. The average Bonchev–Trinajstić information content (AvgIpc) is 2.82. The Hall–Kier alpha value is -2.02. The molecule has 0 fully saturated rings. The molecule has 1 unspecified atom stereocenters. The van der Waals surface area contributed by atoms with E-state index in [0.29, 0.717) is 0 Å². The molecule has 2 heterocycles. The minimum absolute atomic E-state index is 0.281. The summed E-state index contributed by atoms with van der Waals surface area (Å²) < 4.78 is 21.2. The summed E-state index contributed by atoms with van der Waals surface area (Å²) in [6.07, 6.45) is 2.35. The summed E-state index contributed by atoms with van der Waals surface area (Å²) >= 11 is 0. The number of unbranched alkanes of at least 4 members (excludes halogenated alkanes) is 7. The second kappa shape index (κ2) is 13.6. The molecule has 0 aromatic rings. The first-order valence-corrected chi connectivity index (χ1v) is 11.3. The molecule has 33 heavy (non-hydrogen) atoms. The van der Waals surface area contributed by atoms with E-state index in [-0.39, 0.29) is 12.4 Å². The second-order valence-corrected chi connectivity index (χ2v) is 7.96. The lowest BCUT2D eigenvalue weighted by molar-refractivity contribution is -0.219. The summed E-state index contributed by atoms with van der Waals surface area (Å²) in [6.45, 7) is 0.907. The van der Waals surface area contributed by atoms with Crippen molar-refractivity contribution in [1.29, 1.82) is 0 Å². The predicted octanol–water partition coefficient (Wildman–Crippen LogP) is 1.32. The molecule has 11 nitrogen and oxygen atoms in total. The summed E-state index contributed by atoms with van der Waals surface area (Å²) in [6, 6.07) is 0. The zero-order chi connectivity index (χ0) is 24.4. The lowest BCUT2D eigenvalue weighted by Crippen LogP contribution is -2.47. The van der Waals surface area contributed by atoms with Gasteiger partial charge in [-0.25, -0.2) is 0 Å². The van der Waals surface area contributed by atoms with Crippen LogP contribution in [0, 0.1) is 0 Å². The Morgan fingerprint density at radius 1 is 0.818 bits per heavy atom. The van der Waals surface area contributed by atoms with E-state index in [0.717, 1.165) is 25.7 Å². The van der Waals surface area contributed by atoms with Gasteiger partial charge in [-0.2, -0.15) is 0 Å². The van der Waals surface area contributed by atoms with Crippen molar-refractivity contribution in [2.24, 2.45) is 0 Å². The fraction of sp³-hybridized carbons (Fsp3) is 0.727. The van der Waals surface area contributed by atoms with Crippen molar-refractivity contribution in [3.8, 4) is 0 Å². The van der Waals surface area contributed by atoms with Crippen LogP contribution in [0.5, 0.6) is 0 Å². The van der Waals surface area contributed by atoms with Crippen LogP contribution in [-0.4, -0.2) is 80.2 Å². The predicted molar refractivity (Wildman–Crippen MR) is 114 cm³/mol. The van der Waals surface area contributed by atoms with Gasteiger partial charge in [-0.1, -0.05) is 51.9 Å². The lowest BCUT2D eigenvalue weighted by Gasteiger charge is -2.35. The Labute approximate surface area is 192 Å². The van der Waals surface area contributed by atoms with Crippen molar-refractivity contribution in [2.75, 3.05) is 19.8 Å². The molecule has 2 aliphatic rings. The Morgan fingerprint density at radius 2 is 1.42 bits per heavy atom. The van der Waals surface area contributed by atoms with E-state index in [4.69, 9.17) is 18.9 Å². The van der Waals surface area contributed by atoms with Crippen LogP contribution in [0.4, 0.5) is 0 Å². The van der Waals surface area contributed by atoms with Crippen LogP contribution in [0.2, 0.25) is 0 Å². The summed E-state index contributed by atoms with van der Waals surface area (Å²) in [5.74, 6) is -3.77. The molecule has 0 radical (unpaired) electrons. The third-order valence-corrected chi connectivity index (χ3v) is 5.40. The van der Waals surface area contributed by atoms with Crippen LogP contribution in [0.1, 0.15) is 58.3 Å². The fourth-order valence-electron chi connectivity index (χ4n) is 3.43. The highest BCUT2D eigenvalue weighted by Gasteiger charge is 2.42. The summed E-state index contributed by atoms with van der Waals surface area (Å²) in [5, 5.41) is 69.1. The smallest absolute Gasteiger partial charge is 0.333 e. The number of hydrogen-bond donors (Lipinski definition) is 7. The molecular formula is C22H36O11. The number of hydrogen-bond acceptors (Lipinski definition) is 11. The van der Waals surface area contributed by atoms with Crippen molar-refractivity contribution >= 4 is 0 Å². The van der Waals surface area contributed by atoms with E-state index in [1.165, 1.54) is 25.7 Å². The van der Waals surface area contributed by atoms with Crippen LogP contribution in [0.15, 0.2) is 34.7 Å². The van der Waals surface area contributed by atoms with E-state index >= 15 is 0 Å². The molecule has 0 aromatic heterocycles. The first kappa shape index (κ1) is 27.2. The molecule has 7 N–H and O–H groups in total. The van der Waals surface area contributed by atoms with Crippen molar-refractivity contribution in [3.63, 3.8) is 0 Å². The van der Waals surface area contributed by atoms with Gasteiger partial charge in [0.15, 0.2) is 29.1 Å². The molecule has 190 valence electrons. The normalized spacial score (nSPS) is 25.9. The van der Waals surface area contributed by atoms with Crippen LogP contribution in [0.3, 0.4) is 0 Å². The molecule has 0 amide bonds. The number of aliphatic hydroxyl groups excluding tert-OH is 7. The monoisotopic (exact) mass is 476 g/mol. The lowest BCUT2D eigenvalue weighted by atomic mass is 10.1. The quantitative estimate of drug-likeness (QED) is 0.180. The van der Waals surface area contributed by atoms with Gasteiger partial charge in [-0.15, -0.1) is 0 Å². The van der Waals surface area contributed by atoms with E-state index < -0.39 is 66.8 Å². The third-order valence-electron chi connectivity index (χ3n) is 5.40. The molecule has 0 aliphatic carbocycles. The number of aliphatic hydroxyl groups is 7. The maximum Gasteiger partial charge on any atom is 0.333 e. The Kier molecular flexibility index (Phi) is 11.2. The maximum atomic E-state index is 10.5. The molecule has 2 rings (SSSR count). The molecule has 11 heteroatoms. The van der Waals surface area contributed by atoms with Crippen molar-refractivity contribution in [1.82, 2.24) is 0 Å². The molecule has 0 saturated carbocycles. The molecule has 4 atom stereocenters. The van der Waals surface area contributed by atoms with Gasteiger partial charge in [0.1, 0.15) is 25.4 Å². The number of ether oxygens (including phenoxy) is 4. The van der Waals surface area contributed by atoms with Gasteiger partial charge in [-0.05, 0) is 6.42 Å². The van der Waals surface area contributed by atoms with Gasteiger partial charge in [0.05, 0.1) is 6.61 Å². The largest absolute Gasteiger partial charge is 0.506 e. The summed E-state index contributed by atoms with van der Waals surface area (Å²) in [5.41, 5.74) is 0. The maximum absolute atomic E-state index is 10.5. The topological polar surface area (TPSA) is 179 Å². The van der Waals surface area contributed by atoms with E-state index in [9.17, 15) is 35.7 Å². The first-order valence-electron chi connectivity index (χ1n) is 11.3. The van der Waals surface area contributed by atoms with Crippen LogP contribution < -0.4 is 0 Å². The number of rotatable bonds is 14. The van der Waals surface area contributed by atoms with Crippen LogP contribution in [-0.2, 0) is 18.9 Å². The van der Waals surface area contributed by atoms with Crippen molar-refractivity contribution in [3.05, 3.63) is 34.7 Å². The van der Waals surface area contributed by atoms with Gasteiger partial charge >= 0.3 is 5.95 Å². The van der Waals surface area contributed by atoms with Gasteiger partial charge in [0.25, 0.3) is 0 Å². The minimum atomic E-state index is -1.93. The summed E-state index contributed by atoms with van der Waals surface area (Å²) in [7, 11) is 0. The second-order valence-electron chi connectivity index (χ2n) is 7.96. The summed E-state index contributed by atoms with van der Waals surface area (Å²) in [4.78, 5) is 0.